The number of hydrogen-bond donors (Lipinski definition) is 1. The van der Waals surface area contributed by atoms with Crippen LogP contribution in [0.1, 0.15) is 32.6 Å². The summed E-state index contributed by atoms with van der Waals surface area (Å²) < 4.78 is 7.09. The van der Waals surface area contributed by atoms with E-state index in [2.05, 4.69) is 10.3 Å². The topological polar surface area (TPSA) is 60.2 Å². The van der Waals surface area contributed by atoms with Crippen molar-refractivity contribution in [2.45, 2.75) is 33.0 Å². The summed E-state index contributed by atoms with van der Waals surface area (Å²) >= 11 is 0. The smallest absolute Gasteiger partial charge is 0.124 e. The monoisotopic (exact) mass is 213 g/mol. The lowest BCUT2D eigenvalue weighted by atomic mass is 9.99. The molecule has 0 aliphatic heterocycles. The van der Waals surface area contributed by atoms with Crippen LogP contribution in [0.5, 0.6) is 0 Å². The van der Waals surface area contributed by atoms with Gasteiger partial charge in [-0.25, -0.2) is 4.68 Å². The number of aliphatic hydroxyl groups excluding tert-OH is 1. The Balaban J connectivity index is 2.80. The molecule has 0 aliphatic carbocycles. The van der Waals surface area contributed by atoms with Gasteiger partial charge in [-0.05, 0) is 12.8 Å². The van der Waals surface area contributed by atoms with Gasteiger partial charge < -0.3 is 9.84 Å². The van der Waals surface area contributed by atoms with Gasteiger partial charge >= 0.3 is 0 Å². The number of ether oxygens (including phenoxy) is 1. The van der Waals surface area contributed by atoms with Crippen LogP contribution in [0.15, 0.2) is 6.20 Å². The van der Waals surface area contributed by atoms with Gasteiger partial charge in [0, 0.05) is 13.7 Å². The summed E-state index contributed by atoms with van der Waals surface area (Å²) in [6, 6.07) is 0. The molecule has 0 radical (unpaired) electrons. The van der Waals surface area contributed by atoms with Gasteiger partial charge in [0.15, 0.2) is 0 Å². The summed E-state index contributed by atoms with van der Waals surface area (Å²) in [4.78, 5) is 0. The van der Waals surface area contributed by atoms with Gasteiger partial charge in [-0.15, -0.1) is 5.10 Å². The first kappa shape index (κ1) is 12.1. The van der Waals surface area contributed by atoms with Crippen LogP contribution in [0.4, 0.5) is 0 Å². The van der Waals surface area contributed by atoms with E-state index in [9.17, 15) is 5.11 Å². The number of rotatable bonds is 5. The molecule has 0 aliphatic rings. The van der Waals surface area contributed by atoms with Crippen LogP contribution in [0, 0.1) is 5.92 Å². The molecule has 0 saturated carbocycles. The van der Waals surface area contributed by atoms with Crippen LogP contribution in [-0.4, -0.2) is 32.8 Å². The normalized spacial score (nSPS) is 15.6. The predicted octanol–water partition coefficient (Wildman–Crippen LogP) is 0.910. The number of aromatic nitrogens is 3. The fourth-order valence-electron chi connectivity index (χ4n) is 1.57. The van der Waals surface area contributed by atoms with E-state index >= 15 is 0 Å². The average Bonchev–Trinajstić information content (AvgIpc) is 2.59. The van der Waals surface area contributed by atoms with Gasteiger partial charge in [-0.2, -0.15) is 0 Å². The molecular weight excluding hydrogens is 194 g/mol. The van der Waals surface area contributed by atoms with Crippen molar-refractivity contribution < 1.29 is 9.84 Å². The van der Waals surface area contributed by atoms with Crippen LogP contribution in [0.2, 0.25) is 0 Å². The Bertz CT molecular complexity index is 299. The highest BCUT2D eigenvalue weighted by molar-refractivity contribution is 5.01. The fraction of sp³-hybridized carbons (Fsp3) is 0.800. The maximum Gasteiger partial charge on any atom is 0.124 e. The second kappa shape index (κ2) is 5.23. The Kier molecular flexibility index (Phi) is 4.23. The Morgan fingerprint density at radius 1 is 1.53 bits per heavy atom. The van der Waals surface area contributed by atoms with Crippen LogP contribution in [0.25, 0.3) is 0 Å². The third-order valence-corrected chi connectivity index (χ3v) is 2.38. The first-order valence-corrected chi connectivity index (χ1v) is 5.22. The van der Waals surface area contributed by atoms with Crippen LogP contribution >= 0.6 is 0 Å². The molecule has 0 spiro atoms. The largest absolute Gasteiger partial charge is 0.384 e. The zero-order valence-corrected chi connectivity index (χ0v) is 9.71. The SMILES string of the molecule is CCOC(C(C)C)C(O)c1cnnn1C. The molecule has 15 heavy (non-hydrogen) atoms. The molecule has 0 bridgehead atoms. The van der Waals surface area contributed by atoms with Crippen molar-refractivity contribution in [3.8, 4) is 0 Å². The lowest BCUT2D eigenvalue weighted by molar-refractivity contribution is -0.0614. The second-order valence-corrected chi connectivity index (χ2v) is 3.89. The molecule has 5 nitrogen and oxygen atoms in total. The highest BCUT2D eigenvalue weighted by Gasteiger charge is 2.26. The molecule has 0 aromatic carbocycles. The Labute approximate surface area is 90.1 Å². The van der Waals surface area contributed by atoms with E-state index in [1.54, 1.807) is 17.9 Å². The molecule has 0 amide bonds. The van der Waals surface area contributed by atoms with Gasteiger partial charge in [0.2, 0.25) is 0 Å². The first-order chi connectivity index (χ1) is 7.07. The van der Waals surface area contributed by atoms with E-state index in [4.69, 9.17) is 4.74 Å². The van der Waals surface area contributed by atoms with Crippen molar-refractivity contribution in [2.75, 3.05) is 6.61 Å². The lowest BCUT2D eigenvalue weighted by Crippen LogP contribution is -2.29. The van der Waals surface area contributed by atoms with Crippen molar-refractivity contribution in [3.05, 3.63) is 11.9 Å². The fourth-order valence-corrected chi connectivity index (χ4v) is 1.57. The summed E-state index contributed by atoms with van der Waals surface area (Å²) in [7, 11) is 1.76. The predicted molar refractivity (Wildman–Crippen MR) is 56.2 cm³/mol. The van der Waals surface area contributed by atoms with Crippen LogP contribution < -0.4 is 0 Å². The van der Waals surface area contributed by atoms with Gasteiger partial charge in [0.05, 0.1) is 18.0 Å². The van der Waals surface area contributed by atoms with Crippen LogP contribution in [0.3, 0.4) is 0 Å². The minimum absolute atomic E-state index is 0.216. The standard InChI is InChI=1S/C10H19N3O2/c1-5-15-10(7(2)3)9(14)8-6-11-12-13(8)4/h6-7,9-10,14H,5H2,1-4H3. The minimum Gasteiger partial charge on any atom is -0.384 e. The molecule has 1 N–H and O–H groups in total. The number of hydrogen-bond acceptors (Lipinski definition) is 4. The third-order valence-electron chi connectivity index (χ3n) is 2.38. The van der Waals surface area contributed by atoms with E-state index in [1.807, 2.05) is 20.8 Å². The quantitative estimate of drug-likeness (QED) is 0.789. The summed E-state index contributed by atoms with van der Waals surface area (Å²) in [5.41, 5.74) is 0.683. The molecule has 1 rings (SSSR count). The molecule has 1 aromatic heterocycles. The van der Waals surface area contributed by atoms with Crippen molar-refractivity contribution in [1.29, 1.82) is 0 Å². The highest BCUT2D eigenvalue weighted by atomic mass is 16.5. The van der Waals surface area contributed by atoms with Crippen molar-refractivity contribution >= 4 is 0 Å². The molecule has 2 unspecified atom stereocenters. The van der Waals surface area contributed by atoms with E-state index in [-0.39, 0.29) is 12.0 Å². The maximum atomic E-state index is 10.1. The van der Waals surface area contributed by atoms with Crippen molar-refractivity contribution in [2.24, 2.45) is 13.0 Å². The molecule has 1 heterocycles. The zero-order chi connectivity index (χ0) is 11.4. The minimum atomic E-state index is -0.676. The van der Waals surface area contributed by atoms with E-state index < -0.39 is 6.10 Å². The molecular formula is C10H19N3O2. The molecule has 0 saturated heterocycles. The molecule has 2 atom stereocenters. The summed E-state index contributed by atoms with van der Waals surface area (Å²) in [6.45, 7) is 6.55. The molecule has 1 aromatic rings. The van der Waals surface area contributed by atoms with Crippen molar-refractivity contribution in [3.63, 3.8) is 0 Å². The zero-order valence-electron chi connectivity index (χ0n) is 9.71. The summed E-state index contributed by atoms with van der Waals surface area (Å²) in [5.74, 6) is 0.245. The van der Waals surface area contributed by atoms with Crippen LogP contribution in [-0.2, 0) is 11.8 Å². The van der Waals surface area contributed by atoms with Gasteiger partial charge in [0.1, 0.15) is 6.10 Å². The van der Waals surface area contributed by atoms with Crippen molar-refractivity contribution in [1.82, 2.24) is 15.0 Å². The van der Waals surface area contributed by atoms with E-state index in [1.165, 1.54) is 0 Å². The van der Waals surface area contributed by atoms with Gasteiger partial charge in [-0.3, -0.25) is 0 Å². The number of aryl methyl sites for hydroxylation is 1. The van der Waals surface area contributed by atoms with E-state index in [0.29, 0.717) is 12.3 Å². The summed E-state index contributed by atoms with van der Waals surface area (Å²) in [6.07, 6.45) is 0.677. The first-order valence-electron chi connectivity index (χ1n) is 5.22. The average molecular weight is 213 g/mol. The molecule has 5 heteroatoms. The van der Waals surface area contributed by atoms with Gasteiger partial charge in [-0.1, -0.05) is 19.1 Å². The number of nitrogens with zero attached hydrogens (tertiary/aromatic N) is 3. The number of aliphatic hydroxyl groups is 1. The molecule has 0 fully saturated rings. The second-order valence-electron chi connectivity index (χ2n) is 3.89. The molecule has 86 valence electrons. The maximum absolute atomic E-state index is 10.1. The summed E-state index contributed by atoms with van der Waals surface area (Å²) in [5, 5.41) is 17.7. The Morgan fingerprint density at radius 3 is 2.60 bits per heavy atom. The van der Waals surface area contributed by atoms with E-state index in [0.717, 1.165) is 0 Å². The Hall–Kier alpha value is -0.940. The lowest BCUT2D eigenvalue weighted by Gasteiger charge is -2.25. The Morgan fingerprint density at radius 2 is 2.20 bits per heavy atom. The van der Waals surface area contributed by atoms with Gasteiger partial charge in [0.25, 0.3) is 0 Å². The third kappa shape index (κ3) is 2.76. The highest BCUT2D eigenvalue weighted by Crippen LogP contribution is 2.23.